The third kappa shape index (κ3) is 3.16. The molecule has 0 aliphatic heterocycles. The van der Waals surface area contributed by atoms with Gasteiger partial charge in [0.25, 0.3) is 0 Å². The van der Waals surface area contributed by atoms with Crippen LogP contribution in [0, 0.1) is 13.8 Å². The maximum Gasteiger partial charge on any atom is 0.0758 e. The Bertz CT molecular complexity index is 836. The summed E-state index contributed by atoms with van der Waals surface area (Å²) in [6.07, 6.45) is 0.745. The highest BCUT2D eigenvalue weighted by atomic mass is 35.5. The van der Waals surface area contributed by atoms with Gasteiger partial charge in [0.1, 0.15) is 0 Å². The van der Waals surface area contributed by atoms with Crippen LogP contribution in [-0.4, -0.2) is 16.3 Å². The Morgan fingerprint density at radius 2 is 1.87 bits per heavy atom. The van der Waals surface area contributed by atoms with Crippen LogP contribution in [0.5, 0.6) is 0 Å². The van der Waals surface area contributed by atoms with Crippen molar-refractivity contribution >= 4 is 11.6 Å². The SMILES string of the molecule is Cc1ccc(C)c(-n2nc(CCN)cc2-c2ccccc2Cl)c1. The van der Waals surface area contributed by atoms with Gasteiger partial charge in [0.15, 0.2) is 0 Å². The van der Waals surface area contributed by atoms with E-state index in [1.807, 2.05) is 28.9 Å². The number of nitrogens with two attached hydrogens (primary N) is 1. The van der Waals surface area contributed by atoms with Gasteiger partial charge in [-0.25, -0.2) is 4.68 Å². The second kappa shape index (κ2) is 6.57. The lowest BCUT2D eigenvalue weighted by molar-refractivity contribution is 0.821. The van der Waals surface area contributed by atoms with Crippen molar-refractivity contribution in [2.75, 3.05) is 6.54 Å². The summed E-state index contributed by atoms with van der Waals surface area (Å²) < 4.78 is 1.98. The van der Waals surface area contributed by atoms with Crippen molar-refractivity contribution < 1.29 is 0 Å². The van der Waals surface area contributed by atoms with Gasteiger partial charge in [-0.05, 0) is 49.7 Å². The summed E-state index contributed by atoms with van der Waals surface area (Å²) in [5.74, 6) is 0. The standard InChI is InChI=1S/C19H20ClN3/c1-13-7-8-14(2)18(11-13)23-19(12-15(22-23)9-10-21)16-5-3-4-6-17(16)20/h3-8,11-12H,9-10,21H2,1-2H3. The Hall–Kier alpha value is -2.10. The average Bonchev–Trinajstić information content (AvgIpc) is 2.94. The van der Waals surface area contributed by atoms with Gasteiger partial charge in [0, 0.05) is 17.0 Å². The lowest BCUT2D eigenvalue weighted by Gasteiger charge is -2.12. The molecule has 3 nitrogen and oxygen atoms in total. The molecule has 2 aromatic carbocycles. The van der Waals surface area contributed by atoms with E-state index in [9.17, 15) is 0 Å². The molecule has 23 heavy (non-hydrogen) atoms. The Morgan fingerprint density at radius 1 is 1.09 bits per heavy atom. The van der Waals surface area contributed by atoms with Crippen molar-refractivity contribution in [2.45, 2.75) is 20.3 Å². The van der Waals surface area contributed by atoms with Gasteiger partial charge < -0.3 is 5.73 Å². The number of benzene rings is 2. The van der Waals surface area contributed by atoms with Gasteiger partial charge >= 0.3 is 0 Å². The molecule has 1 aromatic heterocycles. The molecule has 0 bridgehead atoms. The van der Waals surface area contributed by atoms with Gasteiger partial charge in [0.2, 0.25) is 0 Å². The summed E-state index contributed by atoms with van der Waals surface area (Å²) in [4.78, 5) is 0. The molecule has 0 saturated heterocycles. The minimum atomic E-state index is 0.575. The van der Waals surface area contributed by atoms with E-state index < -0.39 is 0 Å². The van der Waals surface area contributed by atoms with Gasteiger partial charge in [-0.15, -0.1) is 0 Å². The number of halogens is 1. The van der Waals surface area contributed by atoms with Gasteiger partial charge in [-0.3, -0.25) is 0 Å². The molecule has 118 valence electrons. The molecule has 0 amide bonds. The molecular weight excluding hydrogens is 306 g/mol. The fourth-order valence-corrected chi connectivity index (χ4v) is 2.92. The zero-order valence-corrected chi connectivity index (χ0v) is 14.1. The first kappa shape index (κ1) is 15.8. The van der Waals surface area contributed by atoms with Crippen molar-refractivity contribution in [3.8, 4) is 16.9 Å². The van der Waals surface area contributed by atoms with Crippen LogP contribution < -0.4 is 5.73 Å². The first-order valence-corrected chi connectivity index (χ1v) is 8.09. The van der Waals surface area contributed by atoms with E-state index in [1.54, 1.807) is 0 Å². The highest BCUT2D eigenvalue weighted by molar-refractivity contribution is 6.33. The molecule has 0 atom stereocenters. The zero-order valence-electron chi connectivity index (χ0n) is 13.4. The molecule has 0 spiro atoms. The lowest BCUT2D eigenvalue weighted by Crippen LogP contribution is -2.05. The monoisotopic (exact) mass is 325 g/mol. The summed E-state index contributed by atoms with van der Waals surface area (Å²) in [5.41, 5.74) is 12.1. The van der Waals surface area contributed by atoms with Crippen molar-refractivity contribution in [2.24, 2.45) is 5.73 Å². The summed E-state index contributed by atoms with van der Waals surface area (Å²) in [5, 5.41) is 5.49. The van der Waals surface area contributed by atoms with Crippen LogP contribution in [0.15, 0.2) is 48.5 Å². The van der Waals surface area contributed by atoms with E-state index in [0.29, 0.717) is 6.54 Å². The number of hydrogen-bond acceptors (Lipinski definition) is 2. The Morgan fingerprint density at radius 3 is 2.61 bits per heavy atom. The van der Waals surface area contributed by atoms with Crippen molar-refractivity contribution in [3.63, 3.8) is 0 Å². The van der Waals surface area contributed by atoms with Crippen LogP contribution >= 0.6 is 11.6 Å². The number of aromatic nitrogens is 2. The summed E-state index contributed by atoms with van der Waals surface area (Å²) in [6.45, 7) is 4.75. The molecule has 0 unspecified atom stereocenters. The van der Waals surface area contributed by atoms with Gasteiger partial charge in [0.05, 0.1) is 17.1 Å². The summed E-state index contributed by atoms with van der Waals surface area (Å²) >= 11 is 6.41. The van der Waals surface area contributed by atoms with Crippen LogP contribution in [0.4, 0.5) is 0 Å². The third-order valence-electron chi connectivity index (χ3n) is 3.90. The van der Waals surface area contributed by atoms with Crippen LogP contribution in [0.3, 0.4) is 0 Å². The van der Waals surface area contributed by atoms with E-state index in [0.717, 1.165) is 34.1 Å². The Labute approximate surface area is 141 Å². The smallest absolute Gasteiger partial charge is 0.0758 e. The van der Waals surface area contributed by atoms with Crippen LogP contribution in [0.25, 0.3) is 16.9 Å². The van der Waals surface area contributed by atoms with Crippen LogP contribution in [-0.2, 0) is 6.42 Å². The van der Waals surface area contributed by atoms with Gasteiger partial charge in [-0.2, -0.15) is 5.10 Å². The Kier molecular flexibility index (Phi) is 4.51. The van der Waals surface area contributed by atoms with E-state index in [4.69, 9.17) is 22.4 Å². The molecule has 0 aliphatic rings. The van der Waals surface area contributed by atoms with Gasteiger partial charge in [-0.1, -0.05) is 41.9 Å². The maximum absolute atomic E-state index is 6.41. The molecule has 0 radical (unpaired) electrons. The predicted molar refractivity (Wildman–Crippen MR) is 96.2 cm³/mol. The number of aryl methyl sites for hydroxylation is 2. The molecule has 1 heterocycles. The second-order valence-corrected chi connectivity index (χ2v) is 6.15. The first-order chi connectivity index (χ1) is 11.1. The quantitative estimate of drug-likeness (QED) is 0.776. The highest BCUT2D eigenvalue weighted by Crippen LogP contribution is 2.31. The largest absolute Gasteiger partial charge is 0.330 e. The molecule has 2 N–H and O–H groups in total. The summed E-state index contributed by atoms with van der Waals surface area (Å²) in [7, 11) is 0. The minimum Gasteiger partial charge on any atom is -0.330 e. The maximum atomic E-state index is 6.41. The van der Waals surface area contributed by atoms with Crippen molar-refractivity contribution in [1.82, 2.24) is 9.78 Å². The fourth-order valence-electron chi connectivity index (χ4n) is 2.69. The topological polar surface area (TPSA) is 43.8 Å². The Balaban J connectivity index is 2.23. The molecule has 3 aromatic rings. The number of hydrogen-bond donors (Lipinski definition) is 1. The molecule has 0 aliphatic carbocycles. The summed E-state index contributed by atoms with van der Waals surface area (Å²) in [6, 6.07) is 16.3. The zero-order chi connectivity index (χ0) is 16.4. The lowest BCUT2D eigenvalue weighted by atomic mass is 10.1. The van der Waals surface area contributed by atoms with Crippen LogP contribution in [0.1, 0.15) is 16.8 Å². The van der Waals surface area contributed by atoms with E-state index >= 15 is 0 Å². The first-order valence-electron chi connectivity index (χ1n) is 7.71. The molecule has 0 fully saturated rings. The van der Waals surface area contributed by atoms with Crippen LogP contribution in [0.2, 0.25) is 5.02 Å². The molecule has 4 heteroatoms. The fraction of sp³-hybridized carbons (Fsp3) is 0.211. The normalized spacial score (nSPS) is 11.0. The minimum absolute atomic E-state index is 0.575. The molecule has 0 saturated carbocycles. The van der Waals surface area contributed by atoms with Crippen molar-refractivity contribution in [3.05, 3.63) is 70.4 Å². The van der Waals surface area contributed by atoms with E-state index in [1.165, 1.54) is 11.1 Å². The van der Waals surface area contributed by atoms with Crippen molar-refractivity contribution in [1.29, 1.82) is 0 Å². The average molecular weight is 326 g/mol. The number of rotatable bonds is 4. The second-order valence-electron chi connectivity index (χ2n) is 5.74. The van der Waals surface area contributed by atoms with E-state index in [2.05, 4.69) is 38.1 Å². The van der Waals surface area contributed by atoms with E-state index in [-0.39, 0.29) is 0 Å². The molecule has 3 rings (SSSR count). The third-order valence-corrected chi connectivity index (χ3v) is 4.23. The molecular formula is C19H20ClN3. The number of nitrogens with zero attached hydrogens (tertiary/aromatic N) is 2. The highest BCUT2D eigenvalue weighted by Gasteiger charge is 2.15. The predicted octanol–water partition coefficient (Wildman–Crippen LogP) is 4.31.